The third-order valence-electron chi connectivity index (χ3n) is 6.97. The quantitative estimate of drug-likeness (QED) is 0.361. The molecular weight excluding hydrogens is 523 g/mol. The number of urea groups is 1. The van der Waals surface area contributed by atoms with E-state index in [2.05, 4.69) is 35.7 Å². The number of hydrogen-bond acceptors (Lipinski definition) is 7. The number of aryl methyl sites for hydroxylation is 1. The zero-order valence-electron chi connectivity index (χ0n) is 22.3. The lowest BCUT2D eigenvalue weighted by molar-refractivity contribution is -0.137. The summed E-state index contributed by atoms with van der Waals surface area (Å²) in [5, 5.41) is 8.36. The first kappa shape index (κ1) is 27.6. The van der Waals surface area contributed by atoms with Crippen molar-refractivity contribution in [3.63, 3.8) is 0 Å². The van der Waals surface area contributed by atoms with Crippen LogP contribution in [0.1, 0.15) is 35.7 Å². The van der Waals surface area contributed by atoms with E-state index in [1.807, 2.05) is 30.7 Å². The van der Waals surface area contributed by atoms with E-state index < -0.39 is 23.9 Å². The Morgan fingerprint density at radius 3 is 2.45 bits per heavy atom. The van der Waals surface area contributed by atoms with Crippen LogP contribution >= 0.6 is 0 Å². The summed E-state index contributed by atoms with van der Waals surface area (Å²) in [7, 11) is 2.02. The van der Waals surface area contributed by atoms with Crippen molar-refractivity contribution in [2.45, 2.75) is 32.2 Å². The number of nitrogens with one attached hydrogen (secondary N) is 3. The van der Waals surface area contributed by atoms with Gasteiger partial charge in [0.25, 0.3) is 0 Å². The Balaban J connectivity index is 1.29. The highest BCUT2D eigenvalue weighted by atomic mass is 19.4. The standard InChI is InChI=1S/C27H32F3N9O/c1-3-22-36-23-24(31)32-16-33-25(23)39(22)21-6-4-19(5-7-21)34-26(40)35-20-13-17(12-18(14-20)27(28,29)30)15-38-10-8-37(2)9-11-38/h4-7,12-14,16,24H,3,8-11,15,31H2,1-2H3,(H,32,33)(H2,34,35,40). The van der Waals surface area contributed by atoms with E-state index in [1.54, 1.807) is 18.2 Å². The van der Waals surface area contributed by atoms with Crippen molar-refractivity contribution in [2.24, 2.45) is 10.7 Å². The zero-order valence-corrected chi connectivity index (χ0v) is 22.3. The molecule has 1 atom stereocenters. The van der Waals surface area contributed by atoms with Gasteiger partial charge in [0.2, 0.25) is 0 Å². The molecule has 10 nitrogen and oxygen atoms in total. The molecule has 0 spiro atoms. The van der Waals surface area contributed by atoms with Crippen LogP contribution in [0.2, 0.25) is 0 Å². The summed E-state index contributed by atoms with van der Waals surface area (Å²) in [6.07, 6.45) is -2.88. The number of halogens is 3. The van der Waals surface area contributed by atoms with Crippen LogP contribution in [-0.4, -0.2) is 64.9 Å². The molecule has 13 heteroatoms. The van der Waals surface area contributed by atoms with Gasteiger partial charge >= 0.3 is 12.2 Å². The van der Waals surface area contributed by atoms with Gasteiger partial charge in [0.05, 0.1) is 11.9 Å². The second-order valence-electron chi connectivity index (χ2n) is 9.94. The average molecular weight is 556 g/mol. The molecule has 1 aromatic heterocycles. The summed E-state index contributed by atoms with van der Waals surface area (Å²) in [6.45, 7) is 5.60. The average Bonchev–Trinajstić information content (AvgIpc) is 3.30. The van der Waals surface area contributed by atoms with E-state index in [4.69, 9.17) is 5.73 Å². The van der Waals surface area contributed by atoms with Crippen LogP contribution in [0, 0.1) is 0 Å². The minimum Gasteiger partial charge on any atom is -0.331 e. The Labute approximate surface area is 230 Å². The molecule has 40 heavy (non-hydrogen) atoms. The first-order valence-electron chi connectivity index (χ1n) is 13.1. The van der Waals surface area contributed by atoms with Crippen LogP contribution < -0.4 is 21.7 Å². The molecule has 2 amide bonds. The number of aliphatic imine (C=N–C) groups is 1. The number of amides is 2. The normalized spacial score (nSPS) is 17.8. The Morgan fingerprint density at radius 2 is 1.77 bits per heavy atom. The molecule has 2 aromatic carbocycles. The number of rotatable bonds is 6. The zero-order chi connectivity index (χ0) is 28.4. The minimum atomic E-state index is -4.53. The number of alkyl halides is 3. The SMILES string of the molecule is CCc1nc2c(n1-c1ccc(NC(=O)Nc3cc(CN4CCN(C)CC4)cc(C(F)(F)F)c3)cc1)NC=NC2N. The highest BCUT2D eigenvalue weighted by molar-refractivity contribution is 6.00. The number of anilines is 3. The first-order valence-corrected chi connectivity index (χ1v) is 13.1. The molecule has 2 aliphatic rings. The lowest BCUT2D eigenvalue weighted by Crippen LogP contribution is -2.43. The van der Waals surface area contributed by atoms with Crippen LogP contribution in [0.25, 0.3) is 5.69 Å². The van der Waals surface area contributed by atoms with Crippen molar-refractivity contribution >= 4 is 29.6 Å². The topological polar surface area (TPSA) is 116 Å². The summed E-state index contributed by atoms with van der Waals surface area (Å²) in [6, 6.07) is 10.1. The fourth-order valence-electron chi connectivity index (χ4n) is 4.87. The number of piperazine rings is 1. The lowest BCUT2D eigenvalue weighted by Gasteiger charge is -2.32. The molecule has 2 aliphatic heterocycles. The molecule has 1 fully saturated rings. The molecule has 212 valence electrons. The van der Waals surface area contributed by atoms with Crippen LogP contribution in [0.3, 0.4) is 0 Å². The molecule has 5 N–H and O–H groups in total. The van der Waals surface area contributed by atoms with Gasteiger partial charge in [0.1, 0.15) is 23.5 Å². The summed E-state index contributed by atoms with van der Waals surface area (Å²) in [4.78, 5) is 25.8. The van der Waals surface area contributed by atoms with Crippen LogP contribution in [-0.2, 0) is 19.1 Å². The molecule has 0 radical (unpaired) electrons. The van der Waals surface area contributed by atoms with Gasteiger partial charge in [-0.15, -0.1) is 0 Å². The predicted molar refractivity (Wildman–Crippen MR) is 149 cm³/mol. The van der Waals surface area contributed by atoms with E-state index in [9.17, 15) is 18.0 Å². The Morgan fingerprint density at radius 1 is 1.07 bits per heavy atom. The fraction of sp³-hybridized carbons (Fsp3) is 0.370. The maximum atomic E-state index is 13.6. The molecule has 5 rings (SSSR count). The van der Waals surface area contributed by atoms with Crippen molar-refractivity contribution in [2.75, 3.05) is 49.2 Å². The minimum absolute atomic E-state index is 0.0785. The number of imidazole rings is 1. The van der Waals surface area contributed by atoms with Crippen molar-refractivity contribution in [3.8, 4) is 5.69 Å². The number of carbonyl (C=O) groups is 1. The Bertz CT molecular complexity index is 1390. The highest BCUT2D eigenvalue weighted by Gasteiger charge is 2.31. The molecule has 0 bridgehead atoms. The van der Waals surface area contributed by atoms with E-state index in [-0.39, 0.29) is 5.69 Å². The van der Waals surface area contributed by atoms with Gasteiger partial charge in [-0.2, -0.15) is 13.2 Å². The van der Waals surface area contributed by atoms with Gasteiger partial charge in [-0.05, 0) is 55.1 Å². The highest BCUT2D eigenvalue weighted by Crippen LogP contribution is 2.33. The van der Waals surface area contributed by atoms with E-state index in [1.165, 1.54) is 6.34 Å². The number of nitrogens with zero attached hydrogens (tertiary/aromatic N) is 5. The molecule has 1 saturated heterocycles. The van der Waals surface area contributed by atoms with E-state index in [0.29, 0.717) is 29.9 Å². The maximum Gasteiger partial charge on any atom is 0.416 e. The van der Waals surface area contributed by atoms with Gasteiger partial charge in [-0.1, -0.05) is 6.92 Å². The van der Waals surface area contributed by atoms with Crippen LogP contribution in [0.5, 0.6) is 0 Å². The van der Waals surface area contributed by atoms with Crippen molar-refractivity contribution in [1.29, 1.82) is 0 Å². The van der Waals surface area contributed by atoms with Crippen molar-refractivity contribution in [1.82, 2.24) is 19.4 Å². The van der Waals surface area contributed by atoms with Crippen LogP contribution in [0.15, 0.2) is 47.5 Å². The first-order chi connectivity index (χ1) is 19.1. The summed E-state index contributed by atoms with van der Waals surface area (Å²) in [5.41, 5.74) is 7.76. The molecular formula is C27H32F3N9O. The van der Waals surface area contributed by atoms with Gasteiger partial charge in [-0.25, -0.2) is 9.78 Å². The second kappa shape index (κ2) is 11.3. The van der Waals surface area contributed by atoms with E-state index in [0.717, 1.165) is 55.6 Å². The third-order valence-corrected chi connectivity index (χ3v) is 6.97. The molecule has 0 aliphatic carbocycles. The maximum absolute atomic E-state index is 13.6. The van der Waals surface area contributed by atoms with Crippen molar-refractivity contribution in [3.05, 3.63) is 65.1 Å². The molecule has 0 saturated carbocycles. The number of fused-ring (bicyclic) bond motifs is 1. The molecule has 1 unspecified atom stereocenters. The van der Waals surface area contributed by atoms with E-state index >= 15 is 0 Å². The smallest absolute Gasteiger partial charge is 0.331 e. The van der Waals surface area contributed by atoms with Gasteiger partial charge < -0.3 is 26.6 Å². The third kappa shape index (κ3) is 6.11. The second-order valence-corrected chi connectivity index (χ2v) is 9.94. The monoisotopic (exact) mass is 555 g/mol. The summed E-state index contributed by atoms with van der Waals surface area (Å²) >= 11 is 0. The number of nitrogens with two attached hydrogens (primary N) is 1. The van der Waals surface area contributed by atoms with Crippen LogP contribution in [0.4, 0.5) is 35.2 Å². The van der Waals surface area contributed by atoms with Crippen molar-refractivity contribution < 1.29 is 18.0 Å². The summed E-state index contributed by atoms with van der Waals surface area (Å²) < 4.78 is 42.8. The number of carbonyl (C=O) groups excluding carboxylic acids is 1. The number of aromatic nitrogens is 2. The number of likely N-dealkylation sites (N-methyl/N-ethyl adjacent to an activating group) is 1. The Hall–Kier alpha value is -3.94. The van der Waals surface area contributed by atoms with Gasteiger partial charge in [0, 0.05) is 56.2 Å². The summed E-state index contributed by atoms with van der Waals surface area (Å²) in [5.74, 6) is 1.53. The number of hydrogen-bond donors (Lipinski definition) is 4. The molecule has 3 heterocycles. The van der Waals surface area contributed by atoms with Gasteiger partial charge in [-0.3, -0.25) is 14.5 Å². The number of benzene rings is 2. The lowest BCUT2D eigenvalue weighted by atomic mass is 10.1. The van der Waals surface area contributed by atoms with Gasteiger partial charge in [0.15, 0.2) is 0 Å². The predicted octanol–water partition coefficient (Wildman–Crippen LogP) is 4.26. The fourth-order valence-corrected chi connectivity index (χ4v) is 4.87. The largest absolute Gasteiger partial charge is 0.416 e. The Kier molecular flexibility index (Phi) is 7.79. The molecule has 3 aromatic rings.